The van der Waals surface area contributed by atoms with Crippen molar-refractivity contribution in [1.82, 2.24) is 4.90 Å². The number of allylic oxidation sites excluding steroid dienone is 4. The van der Waals surface area contributed by atoms with E-state index in [1.165, 1.54) is 24.3 Å². The molecule has 248 valence electrons. The molecule has 47 heavy (non-hydrogen) atoms. The van der Waals surface area contributed by atoms with Gasteiger partial charge in [-0.15, -0.1) is 10.2 Å². The van der Waals surface area contributed by atoms with Gasteiger partial charge in [-0.1, -0.05) is 13.2 Å². The fourth-order valence-electron chi connectivity index (χ4n) is 4.36. The van der Waals surface area contributed by atoms with Crippen molar-refractivity contribution in [3.63, 3.8) is 0 Å². The van der Waals surface area contributed by atoms with E-state index in [9.17, 15) is 19.7 Å². The zero-order valence-corrected chi connectivity index (χ0v) is 26.7. The minimum absolute atomic E-state index is 0.0438. The van der Waals surface area contributed by atoms with E-state index < -0.39 is 16.9 Å². The molecule has 1 aliphatic carbocycles. The van der Waals surface area contributed by atoms with Crippen molar-refractivity contribution in [2.24, 2.45) is 20.5 Å². The maximum absolute atomic E-state index is 11.5. The average Bonchev–Trinajstić information content (AvgIpc) is 3.07. The molecule has 0 radical (unpaired) electrons. The third kappa shape index (κ3) is 11.0. The van der Waals surface area contributed by atoms with Crippen LogP contribution in [-0.4, -0.2) is 61.3 Å². The Hall–Kier alpha value is -5.66. The lowest BCUT2D eigenvalue weighted by Gasteiger charge is -2.29. The van der Waals surface area contributed by atoms with Gasteiger partial charge in [0.2, 0.25) is 0 Å². The molecule has 0 saturated heterocycles. The van der Waals surface area contributed by atoms with E-state index in [0.29, 0.717) is 67.7 Å². The predicted octanol–water partition coefficient (Wildman–Crippen LogP) is 7.60. The number of nitro groups is 1. The highest BCUT2D eigenvalue weighted by Crippen LogP contribution is 2.41. The molecule has 0 aromatic heterocycles. The lowest BCUT2D eigenvalue weighted by molar-refractivity contribution is -0.384. The van der Waals surface area contributed by atoms with Gasteiger partial charge < -0.3 is 23.8 Å². The molecule has 0 spiro atoms. The lowest BCUT2D eigenvalue weighted by atomic mass is 10.0. The Balaban J connectivity index is 1.85. The van der Waals surface area contributed by atoms with E-state index in [1.807, 2.05) is 31.7 Å². The zero-order chi connectivity index (χ0) is 34.2. The number of nitro benzene ring substituents is 1. The molecule has 1 aliphatic rings. The maximum atomic E-state index is 11.5. The Morgan fingerprint density at radius 3 is 1.87 bits per heavy atom. The van der Waals surface area contributed by atoms with Crippen LogP contribution in [0.3, 0.4) is 0 Å². The number of hydrogen-bond donors (Lipinski definition) is 0. The summed E-state index contributed by atoms with van der Waals surface area (Å²) in [6.45, 7) is 14.2. The van der Waals surface area contributed by atoms with Crippen molar-refractivity contribution >= 4 is 34.7 Å². The molecule has 0 amide bonds. The van der Waals surface area contributed by atoms with Crippen molar-refractivity contribution in [2.45, 2.75) is 33.6 Å². The molecule has 0 N–H and O–H groups in total. The van der Waals surface area contributed by atoms with Crippen LogP contribution < -0.4 is 9.47 Å². The summed E-state index contributed by atoms with van der Waals surface area (Å²) in [5.41, 5.74) is 3.86. The summed E-state index contributed by atoms with van der Waals surface area (Å²) in [6.07, 6.45) is 5.41. The molecular formula is C33H38N6O8. The number of azo groups is 2. The molecule has 14 heteroatoms. The smallest absolute Gasteiger partial charge is 0.330 e. The molecule has 0 saturated carbocycles. The number of ether oxygens (including phenoxy) is 4. The Kier molecular flexibility index (Phi) is 14.0. The summed E-state index contributed by atoms with van der Waals surface area (Å²) in [4.78, 5) is 35.5. The van der Waals surface area contributed by atoms with Crippen LogP contribution in [0.4, 0.5) is 22.7 Å². The van der Waals surface area contributed by atoms with Crippen molar-refractivity contribution in [1.29, 1.82) is 0 Å². The van der Waals surface area contributed by atoms with Crippen molar-refractivity contribution < 1.29 is 33.5 Å². The summed E-state index contributed by atoms with van der Waals surface area (Å²) in [5.74, 6) is -0.188. The number of benzene rings is 2. The minimum atomic E-state index is -0.515. The maximum Gasteiger partial charge on any atom is 0.330 e. The largest absolute Gasteiger partial charge is 0.491 e. The van der Waals surface area contributed by atoms with E-state index in [-0.39, 0.29) is 18.9 Å². The number of carbonyl (C=O) groups excluding carboxylic acids is 2. The van der Waals surface area contributed by atoms with E-state index in [2.05, 4.69) is 33.6 Å². The molecule has 2 aromatic rings. The Labute approximate surface area is 272 Å². The number of carbonyl (C=O) groups is 2. The number of nitrogens with zero attached hydrogens (tertiary/aromatic N) is 6. The van der Waals surface area contributed by atoms with E-state index in [4.69, 9.17) is 18.9 Å². The molecule has 0 unspecified atom stereocenters. The first kappa shape index (κ1) is 35.8. The van der Waals surface area contributed by atoms with Crippen LogP contribution >= 0.6 is 0 Å². The number of hydrogen-bond acceptors (Lipinski definition) is 13. The normalized spacial score (nSPS) is 12.9. The van der Waals surface area contributed by atoms with Gasteiger partial charge in [-0.3, -0.25) is 10.1 Å². The molecule has 0 aliphatic heterocycles. The Morgan fingerprint density at radius 2 is 1.40 bits per heavy atom. The number of esters is 2. The van der Waals surface area contributed by atoms with Crippen LogP contribution in [0, 0.1) is 10.1 Å². The third-order valence-electron chi connectivity index (χ3n) is 6.66. The SMILES string of the molecule is C=CC(=O)OCCN(CCOC(=O)C=C)C1=CC(C)=C(N=Nc2cc(OCC)c(N=Nc3ccc([N+](=O)[O-])cc3)cc2OCC)CC1. The molecule has 14 nitrogen and oxygen atoms in total. The summed E-state index contributed by atoms with van der Waals surface area (Å²) >= 11 is 0. The van der Waals surface area contributed by atoms with Gasteiger partial charge in [0.05, 0.1) is 42.6 Å². The van der Waals surface area contributed by atoms with Crippen molar-refractivity contribution in [2.75, 3.05) is 39.5 Å². The molecular weight excluding hydrogens is 608 g/mol. The van der Waals surface area contributed by atoms with Gasteiger partial charge in [0.1, 0.15) is 36.1 Å². The zero-order valence-electron chi connectivity index (χ0n) is 26.7. The van der Waals surface area contributed by atoms with Crippen LogP contribution in [0.5, 0.6) is 11.5 Å². The fourth-order valence-corrected chi connectivity index (χ4v) is 4.36. The van der Waals surface area contributed by atoms with Gasteiger partial charge in [-0.2, -0.15) is 10.2 Å². The third-order valence-corrected chi connectivity index (χ3v) is 6.66. The standard InChI is InChI=1S/C33H38N6O8/c1-6-32(40)46-18-16-38(17-19-47-33(41)7-2)26-14-15-27(23(5)20-26)35-37-29-22-30(44-8-3)28(21-31(29)45-9-4)36-34-24-10-12-25(13-11-24)39(42)43/h6-7,10-13,20-22H,1-2,8-9,14-19H2,3-5H3. The fraction of sp³-hybridized carbons (Fsp3) is 0.333. The van der Waals surface area contributed by atoms with Gasteiger partial charge in [-0.05, 0) is 57.4 Å². The summed E-state index contributed by atoms with van der Waals surface area (Å²) in [7, 11) is 0. The van der Waals surface area contributed by atoms with Crippen LogP contribution in [0.2, 0.25) is 0 Å². The summed E-state index contributed by atoms with van der Waals surface area (Å²) in [6, 6.07) is 9.05. The van der Waals surface area contributed by atoms with Gasteiger partial charge in [0.25, 0.3) is 5.69 Å². The van der Waals surface area contributed by atoms with Gasteiger partial charge in [-0.25, -0.2) is 9.59 Å². The highest BCUT2D eigenvalue weighted by atomic mass is 16.6. The quantitative estimate of drug-likeness (QED) is 0.0520. The van der Waals surface area contributed by atoms with Crippen LogP contribution in [0.15, 0.2) is 105 Å². The molecule has 0 bridgehead atoms. The topological polar surface area (TPSA) is 167 Å². The monoisotopic (exact) mass is 646 g/mol. The highest BCUT2D eigenvalue weighted by molar-refractivity contribution is 5.81. The molecule has 3 rings (SSSR count). The Morgan fingerprint density at radius 1 is 0.872 bits per heavy atom. The first-order chi connectivity index (χ1) is 22.7. The summed E-state index contributed by atoms with van der Waals surface area (Å²) < 4.78 is 22.0. The molecule has 2 aromatic carbocycles. The van der Waals surface area contributed by atoms with Gasteiger partial charge in [0.15, 0.2) is 0 Å². The second-order valence-corrected chi connectivity index (χ2v) is 9.82. The van der Waals surface area contributed by atoms with Crippen LogP contribution in [0.1, 0.15) is 33.6 Å². The molecule has 0 fully saturated rings. The Bertz CT molecular complexity index is 1550. The van der Waals surface area contributed by atoms with E-state index in [0.717, 1.165) is 29.1 Å². The van der Waals surface area contributed by atoms with Crippen LogP contribution in [0.25, 0.3) is 0 Å². The van der Waals surface area contributed by atoms with Crippen molar-refractivity contribution in [3.8, 4) is 11.5 Å². The highest BCUT2D eigenvalue weighted by Gasteiger charge is 2.18. The average molecular weight is 647 g/mol. The minimum Gasteiger partial charge on any atom is -0.491 e. The molecule has 0 atom stereocenters. The predicted molar refractivity (Wildman–Crippen MR) is 174 cm³/mol. The second kappa shape index (κ2) is 18.3. The van der Waals surface area contributed by atoms with Crippen LogP contribution in [-0.2, 0) is 19.1 Å². The number of non-ortho nitro benzene ring substituents is 1. The first-order valence-corrected chi connectivity index (χ1v) is 14.9. The number of rotatable bonds is 18. The molecule has 0 heterocycles. The van der Waals surface area contributed by atoms with E-state index in [1.54, 1.807) is 12.1 Å². The second-order valence-electron chi connectivity index (χ2n) is 9.82. The lowest BCUT2D eigenvalue weighted by Crippen LogP contribution is -2.32. The summed E-state index contributed by atoms with van der Waals surface area (Å²) in [5, 5.41) is 28.5. The van der Waals surface area contributed by atoms with Gasteiger partial charge in [0, 0.05) is 42.1 Å². The first-order valence-electron chi connectivity index (χ1n) is 14.9. The van der Waals surface area contributed by atoms with E-state index >= 15 is 0 Å². The van der Waals surface area contributed by atoms with Gasteiger partial charge >= 0.3 is 11.9 Å². The van der Waals surface area contributed by atoms with Crippen molar-refractivity contribution in [3.05, 3.63) is 94.9 Å².